The van der Waals surface area contributed by atoms with Crippen LogP contribution in [0.2, 0.25) is 0 Å². The number of rotatable bonds is 8. The first-order valence-corrected chi connectivity index (χ1v) is 9.20. The zero-order chi connectivity index (χ0) is 18.9. The van der Waals surface area contributed by atoms with E-state index in [0.717, 1.165) is 18.7 Å². The molecule has 0 aliphatic rings. The molecular weight excluding hydrogens is 334 g/mol. The van der Waals surface area contributed by atoms with Crippen LogP contribution in [0.25, 0.3) is 0 Å². The van der Waals surface area contributed by atoms with Crippen molar-refractivity contribution in [1.29, 1.82) is 0 Å². The number of methoxy groups -OCH3 is 1. The Labute approximate surface area is 161 Å². The second-order valence-corrected chi connectivity index (χ2v) is 6.58. The molecule has 0 aliphatic heterocycles. The normalized spacial score (nSPS) is 11.9. The highest BCUT2D eigenvalue weighted by atomic mass is 16.5. The third-order valence-electron chi connectivity index (χ3n) is 4.67. The molecule has 1 atom stereocenters. The Hall–Kier alpha value is -2.91. The molecule has 3 rings (SSSR count). The van der Waals surface area contributed by atoms with E-state index < -0.39 is 0 Å². The Morgan fingerprint density at radius 1 is 0.778 bits per heavy atom. The number of hydrogen-bond donors (Lipinski definition) is 0. The lowest BCUT2D eigenvalue weighted by Crippen LogP contribution is -2.30. The van der Waals surface area contributed by atoms with Gasteiger partial charge in [0.25, 0.3) is 0 Å². The number of esters is 1. The summed E-state index contributed by atoms with van der Waals surface area (Å²) in [4.78, 5) is 14.5. The summed E-state index contributed by atoms with van der Waals surface area (Å²) < 4.78 is 4.99. The van der Waals surface area contributed by atoms with E-state index >= 15 is 0 Å². The van der Waals surface area contributed by atoms with Gasteiger partial charge >= 0.3 is 5.97 Å². The van der Waals surface area contributed by atoms with Crippen LogP contribution in [0.4, 0.5) is 0 Å². The number of carbonyl (C=O) groups excluding carboxylic acids is 1. The zero-order valence-corrected chi connectivity index (χ0v) is 15.6. The molecule has 27 heavy (non-hydrogen) atoms. The monoisotopic (exact) mass is 359 g/mol. The molecule has 3 nitrogen and oxygen atoms in total. The molecule has 0 saturated carbocycles. The standard InChI is InChI=1S/C24H25NO2/c1-27-24(26)17-23(22-15-9-4-10-16-22)25(18-20-11-5-2-6-12-20)19-21-13-7-3-8-14-21/h2-16,23H,17-19H2,1H3/t23-/m0/s1. The quantitative estimate of drug-likeness (QED) is 0.531. The predicted octanol–water partition coefficient (Wildman–Crippen LogP) is 4.99. The summed E-state index contributed by atoms with van der Waals surface area (Å²) in [6.45, 7) is 1.51. The average molecular weight is 359 g/mol. The van der Waals surface area contributed by atoms with Gasteiger partial charge in [-0.05, 0) is 16.7 Å². The molecular formula is C24H25NO2. The number of hydrogen-bond acceptors (Lipinski definition) is 3. The summed E-state index contributed by atoms with van der Waals surface area (Å²) in [6.07, 6.45) is 0.320. The minimum Gasteiger partial charge on any atom is -0.469 e. The van der Waals surface area contributed by atoms with E-state index in [1.54, 1.807) is 0 Å². The Kier molecular flexibility index (Phi) is 6.78. The Morgan fingerprint density at radius 3 is 1.67 bits per heavy atom. The predicted molar refractivity (Wildman–Crippen MR) is 108 cm³/mol. The van der Waals surface area contributed by atoms with Gasteiger partial charge in [0.2, 0.25) is 0 Å². The van der Waals surface area contributed by atoms with Gasteiger partial charge in [0.05, 0.1) is 13.5 Å². The summed E-state index contributed by atoms with van der Waals surface area (Å²) in [5.74, 6) is -0.199. The van der Waals surface area contributed by atoms with Crippen molar-refractivity contribution in [2.45, 2.75) is 25.6 Å². The van der Waals surface area contributed by atoms with E-state index in [0.29, 0.717) is 6.42 Å². The van der Waals surface area contributed by atoms with E-state index in [2.05, 4.69) is 41.3 Å². The Bertz CT molecular complexity index is 777. The van der Waals surface area contributed by atoms with Crippen LogP contribution in [-0.4, -0.2) is 18.0 Å². The van der Waals surface area contributed by atoms with Crippen LogP contribution in [0.15, 0.2) is 91.0 Å². The van der Waals surface area contributed by atoms with E-state index in [-0.39, 0.29) is 12.0 Å². The van der Waals surface area contributed by atoms with Gasteiger partial charge < -0.3 is 4.74 Å². The SMILES string of the molecule is COC(=O)C[C@@H](c1ccccc1)N(Cc1ccccc1)Cc1ccccc1. The number of benzene rings is 3. The second kappa shape index (κ2) is 9.70. The fourth-order valence-electron chi connectivity index (χ4n) is 3.29. The highest BCUT2D eigenvalue weighted by Gasteiger charge is 2.24. The van der Waals surface area contributed by atoms with Crippen molar-refractivity contribution in [2.75, 3.05) is 7.11 Å². The molecule has 0 saturated heterocycles. The smallest absolute Gasteiger partial charge is 0.307 e. The molecule has 0 heterocycles. The van der Waals surface area contributed by atoms with Crippen LogP contribution in [-0.2, 0) is 22.6 Å². The van der Waals surface area contributed by atoms with Crippen LogP contribution in [0, 0.1) is 0 Å². The van der Waals surface area contributed by atoms with Crippen molar-refractivity contribution in [1.82, 2.24) is 4.90 Å². The van der Waals surface area contributed by atoms with Gasteiger partial charge in [0.1, 0.15) is 0 Å². The maximum absolute atomic E-state index is 12.2. The zero-order valence-electron chi connectivity index (χ0n) is 15.6. The van der Waals surface area contributed by atoms with Crippen molar-refractivity contribution in [3.05, 3.63) is 108 Å². The van der Waals surface area contributed by atoms with E-state index in [1.165, 1.54) is 18.2 Å². The summed E-state index contributed by atoms with van der Waals surface area (Å²) in [6, 6.07) is 30.9. The maximum atomic E-state index is 12.2. The van der Waals surface area contributed by atoms with Gasteiger partial charge in [-0.2, -0.15) is 0 Å². The molecule has 3 heteroatoms. The van der Waals surface area contributed by atoms with Gasteiger partial charge in [-0.1, -0.05) is 91.0 Å². The van der Waals surface area contributed by atoms with Gasteiger partial charge in [-0.3, -0.25) is 9.69 Å². The molecule has 0 fully saturated rings. The molecule has 0 aromatic heterocycles. The van der Waals surface area contributed by atoms with E-state index in [1.807, 2.05) is 54.6 Å². The third-order valence-corrected chi connectivity index (χ3v) is 4.67. The lowest BCUT2D eigenvalue weighted by atomic mass is 10.00. The summed E-state index contributed by atoms with van der Waals surface area (Å²) in [5, 5.41) is 0. The van der Waals surface area contributed by atoms with Crippen molar-refractivity contribution in [3.63, 3.8) is 0 Å². The second-order valence-electron chi connectivity index (χ2n) is 6.58. The average Bonchev–Trinajstić information content (AvgIpc) is 2.73. The van der Waals surface area contributed by atoms with Gasteiger partial charge in [0, 0.05) is 19.1 Å². The van der Waals surface area contributed by atoms with E-state index in [9.17, 15) is 4.79 Å². The third kappa shape index (κ3) is 5.53. The molecule has 0 amide bonds. The van der Waals surface area contributed by atoms with Gasteiger partial charge in [-0.25, -0.2) is 0 Å². The van der Waals surface area contributed by atoms with E-state index in [4.69, 9.17) is 4.74 Å². The Balaban J connectivity index is 1.94. The number of nitrogens with zero attached hydrogens (tertiary/aromatic N) is 1. The molecule has 0 aliphatic carbocycles. The number of carbonyl (C=O) groups is 1. The van der Waals surface area contributed by atoms with Crippen molar-refractivity contribution in [2.24, 2.45) is 0 Å². The summed E-state index contributed by atoms with van der Waals surface area (Å²) in [7, 11) is 1.45. The summed E-state index contributed by atoms with van der Waals surface area (Å²) in [5.41, 5.74) is 3.56. The molecule has 0 unspecified atom stereocenters. The molecule has 0 radical (unpaired) electrons. The first kappa shape index (κ1) is 18.9. The lowest BCUT2D eigenvalue weighted by molar-refractivity contribution is -0.142. The fraction of sp³-hybridized carbons (Fsp3) is 0.208. The van der Waals surface area contributed by atoms with Crippen LogP contribution in [0.1, 0.15) is 29.2 Å². The minimum absolute atomic E-state index is 0.0564. The van der Waals surface area contributed by atoms with Crippen LogP contribution < -0.4 is 0 Å². The van der Waals surface area contributed by atoms with Crippen LogP contribution >= 0.6 is 0 Å². The first-order chi connectivity index (χ1) is 13.3. The highest BCUT2D eigenvalue weighted by molar-refractivity contribution is 5.70. The van der Waals surface area contributed by atoms with Crippen LogP contribution in [0.5, 0.6) is 0 Å². The van der Waals surface area contributed by atoms with Crippen molar-refractivity contribution in [3.8, 4) is 0 Å². The fourth-order valence-corrected chi connectivity index (χ4v) is 3.29. The van der Waals surface area contributed by atoms with Crippen molar-refractivity contribution < 1.29 is 9.53 Å². The van der Waals surface area contributed by atoms with Gasteiger partial charge in [-0.15, -0.1) is 0 Å². The summed E-state index contributed by atoms with van der Waals surface area (Å²) >= 11 is 0. The Morgan fingerprint density at radius 2 is 1.22 bits per heavy atom. The lowest BCUT2D eigenvalue weighted by Gasteiger charge is -2.32. The molecule has 3 aromatic rings. The van der Waals surface area contributed by atoms with Crippen molar-refractivity contribution >= 4 is 5.97 Å². The molecule has 0 spiro atoms. The van der Waals surface area contributed by atoms with Gasteiger partial charge in [0.15, 0.2) is 0 Å². The molecule has 3 aromatic carbocycles. The first-order valence-electron chi connectivity index (χ1n) is 9.20. The molecule has 0 bridgehead atoms. The largest absolute Gasteiger partial charge is 0.469 e. The molecule has 0 N–H and O–H groups in total. The maximum Gasteiger partial charge on any atom is 0.307 e. The minimum atomic E-state index is -0.199. The highest BCUT2D eigenvalue weighted by Crippen LogP contribution is 2.28. The molecule has 138 valence electrons. The number of ether oxygens (including phenoxy) is 1. The van der Waals surface area contributed by atoms with Crippen LogP contribution in [0.3, 0.4) is 0 Å². The topological polar surface area (TPSA) is 29.5 Å².